The van der Waals surface area contributed by atoms with Gasteiger partial charge in [-0.05, 0) is 36.6 Å². The molecule has 2 fully saturated rings. The largest absolute Gasteiger partial charge is 0.353 e. The van der Waals surface area contributed by atoms with Gasteiger partial charge in [-0.25, -0.2) is 4.98 Å². The Morgan fingerprint density at radius 1 is 1.03 bits per heavy atom. The number of fused-ring (bicyclic) bond motifs is 1. The standard InChI is InChI=1S/C29H33N5O2S2/c1-3-4-8-13-34-28(36)24(38-29(34)37)19-23-26(30-25-21(2)10-9-14-33(25)27(23)35)32-17-15-31(16-18-32)20-22-11-6-5-7-12-22/h5-7,9-12,14,19H,3-4,8,13,15-18,20H2,1-2H3. The summed E-state index contributed by atoms with van der Waals surface area (Å²) in [5.41, 5.74) is 3.14. The van der Waals surface area contributed by atoms with Gasteiger partial charge >= 0.3 is 0 Å². The van der Waals surface area contributed by atoms with E-state index in [0.29, 0.717) is 32.8 Å². The van der Waals surface area contributed by atoms with Gasteiger partial charge in [0.2, 0.25) is 0 Å². The topological polar surface area (TPSA) is 61.2 Å². The molecule has 0 saturated carbocycles. The fourth-order valence-corrected chi connectivity index (χ4v) is 6.26. The molecule has 1 amide bonds. The number of hydrogen-bond donors (Lipinski definition) is 0. The molecule has 0 atom stereocenters. The van der Waals surface area contributed by atoms with E-state index in [1.165, 1.54) is 17.3 Å². The lowest BCUT2D eigenvalue weighted by atomic mass is 10.1. The van der Waals surface area contributed by atoms with Crippen LogP contribution in [0.15, 0.2) is 58.4 Å². The van der Waals surface area contributed by atoms with E-state index in [9.17, 15) is 9.59 Å². The smallest absolute Gasteiger partial charge is 0.267 e. The summed E-state index contributed by atoms with van der Waals surface area (Å²) in [5.74, 6) is 0.517. The molecule has 7 nitrogen and oxygen atoms in total. The van der Waals surface area contributed by atoms with Crippen molar-refractivity contribution in [1.82, 2.24) is 19.2 Å². The zero-order valence-corrected chi connectivity index (χ0v) is 23.6. The van der Waals surface area contributed by atoms with Gasteiger partial charge in [0, 0.05) is 45.5 Å². The molecule has 2 aliphatic rings. The van der Waals surface area contributed by atoms with E-state index < -0.39 is 0 Å². The molecule has 2 saturated heterocycles. The summed E-state index contributed by atoms with van der Waals surface area (Å²) in [6, 6.07) is 14.3. The SMILES string of the molecule is CCCCCN1C(=O)C(=Cc2c(N3CCN(Cc4ccccc4)CC3)nc3c(C)cccn3c2=O)SC1=S. The van der Waals surface area contributed by atoms with Gasteiger partial charge in [-0.15, -0.1) is 0 Å². The minimum absolute atomic E-state index is 0.122. The molecule has 38 heavy (non-hydrogen) atoms. The lowest BCUT2D eigenvalue weighted by Gasteiger charge is -2.36. The number of hydrogen-bond acceptors (Lipinski definition) is 7. The number of aromatic nitrogens is 2. The van der Waals surface area contributed by atoms with E-state index in [1.54, 1.807) is 21.6 Å². The predicted molar refractivity (Wildman–Crippen MR) is 160 cm³/mol. The van der Waals surface area contributed by atoms with Gasteiger partial charge in [-0.2, -0.15) is 0 Å². The highest BCUT2D eigenvalue weighted by atomic mass is 32.2. The van der Waals surface area contributed by atoms with E-state index in [2.05, 4.69) is 41.0 Å². The molecule has 0 spiro atoms. The Balaban J connectivity index is 1.46. The molecule has 1 aromatic carbocycles. The molecule has 2 aromatic heterocycles. The number of pyridine rings is 1. The van der Waals surface area contributed by atoms with Crippen molar-refractivity contribution in [3.63, 3.8) is 0 Å². The van der Waals surface area contributed by atoms with Crippen LogP contribution in [0.1, 0.15) is 42.9 Å². The number of piperazine rings is 1. The molecule has 0 unspecified atom stereocenters. The summed E-state index contributed by atoms with van der Waals surface area (Å²) in [5, 5.41) is 0. The molecule has 4 heterocycles. The third-order valence-electron chi connectivity index (χ3n) is 7.12. The fourth-order valence-electron chi connectivity index (χ4n) is 4.97. The van der Waals surface area contributed by atoms with Crippen molar-refractivity contribution in [3.05, 3.63) is 80.6 Å². The molecule has 0 N–H and O–H groups in total. The first-order chi connectivity index (χ1) is 18.5. The number of thiocarbonyl (C=S) groups is 1. The molecule has 5 rings (SSSR count). The number of benzene rings is 1. The molecular weight excluding hydrogens is 514 g/mol. The first-order valence-electron chi connectivity index (χ1n) is 13.2. The highest BCUT2D eigenvalue weighted by molar-refractivity contribution is 8.26. The number of carbonyl (C=O) groups excluding carboxylic acids is 1. The Hall–Kier alpha value is -3.01. The van der Waals surface area contributed by atoms with Gasteiger partial charge in [0.25, 0.3) is 11.5 Å². The van der Waals surface area contributed by atoms with Crippen LogP contribution < -0.4 is 10.5 Å². The van der Waals surface area contributed by atoms with E-state index in [-0.39, 0.29) is 11.5 Å². The van der Waals surface area contributed by atoms with Crippen LogP contribution in [0.3, 0.4) is 0 Å². The Kier molecular flexibility index (Phi) is 8.26. The van der Waals surface area contributed by atoms with E-state index in [0.717, 1.165) is 57.5 Å². The first kappa shape index (κ1) is 26.6. The van der Waals surface area contributed by atoms with E-state index in [4.69, 9.17) is 17.2 Å². The predicted octanol–water partition coefficient (Wildman–Crippen LogP) is 4.72. The molecule has 9 heteroatoms. The van der Waals surface area contributed by atoms with E-state index >= 15 is 0 Å². The van der Waals surface area contributed by atoms with Crippen LogP contribution in [0.5, 0.6) is 0 Å². The number of thioether (sulfide) groups is 1. The summed E-state index contributed by atoms with van der Waals surface area (Å²) < 4.78 is 2.14. The second-order valence-corrected chi connectivity index (χ2v) is 11.5. The van der Waals surface area contributed by atoms with Crippen molar-refractivity contribution in [1.29, 1.82) is 0 Å². The highest BCUT2D eigenvalue weighted by Gasteiger charge is 2.33. The van der Waals surface area contributed by atoms with Crippen LogP contribution in [0.25, 0.3) is 11.7 Å². The molecule has 2 aliphatic heterocycles. The van der Waals surface area contributed by atoms with Crippen LogP contribution in [-0.2, 0) is 11.3 Å². The lowest BCUT2D eigenvalue weighted by molar-refractivity contribution is -0.122. The highest BCUT2D eigenvalue weighted by Crippen LogP contribution is 2.34. The molecule has 0 aliphatic carbocycles. The number of carbonyl (C=O) groups is 1. The molecule has 0 bridgehead atoms. The Labute approximate surface area is 233 Å². The zero-order valence-electron chi connectivity index (χ0n) is 21.9. The maximum absolute atomic E-state index is 13.8. The van der Waals surface area contributed by atoms with Crippen LogP contribution in [-0.4, -0.2) is 62.1 Å². The fraction of sp³-hybridized carbons (Fsp3) is 0.379. The Morgan fingerprint density at radius 3 is 2.53 bits per heavy atom. The number of rotatable bonds is 8. The summed E-state index contributed by atoms with van der Waals surface area (Å²) in [6.07, 6.45) is 6.49. The molecular formula is C29H33N5O2S2. The average Bonchev–Trinajstić information content (AvgIpc) is 3.19. The third kappa shape index (κ3) is 5.55. The monoisotopic (exact) mass is 547 g/mol. The van der Waals surface area contributed by atoms with Crippen molar-refractivity contribution < 1.29 is 4.79 Å². The minimum atomic E-state index is -0.170. The first-order valence-corrected chi connectivity index (χ1v) is 14.5. The summed E-state index contributed by atoms with van der Waals surface area (Å²) >= 11 is 6.80. The summed E-state index contributed by atoms with van der Waals surface area (Å²) in [7, 11) is 0. The number of nitrogens with zero attached hydrogens (tertiary/aromatic N) is 5. The number of unbranched alkanes of at least 4 members (excludes halogenated alkanes) is 2. The van der Waals surface area contributed by atoms with E-state index in [1.807, 2.05) is 25.1 Å². The van der Waals surface area contributed by atoms with Crippen molar-refractivity contribution in [2.24, 2.45) is 0 Å². The lowest BCUT2D eigenvalue weighted by Crippen LogP contribution is -2.47. The quantitative estimate of drug-likeness (QED) is 0.230. The van der Waals surface area contributed by atoms with Gasteiger partial charge in [0.05, 0.1) is 10.5 Å². The summed E-state index contributed by atoms with van der Waals surface area (Å²) in [6.45, 7) is 8.83. The van der Waals surface area contributed by atoms with Crippen LogP contribution in [0.2, 0.25) is 0 Å². The number of amides is 1. The van der Waals surface area contributed by atoms with Gasteiger partial charge in [-0.1, -0.05) is 80.1 Å². The van der Waals surface area contributed by atoms with Gasteiger partial charge in [0.15, 0.2) is 0 Å². The second kappa shape index (κ2) is 11.8. The third-order valence-corrected chi connectivity index (χ3v) is 8.50. The van der Waals surface area contributed by atoms with Crippen molar-refractivity contribution in [2.75, 3.05) is 37.6 Å². The average molecular weight is 548 g/mol. The molecule has 198 valence electrons. The van der Waals surface area contributed by atoms with Crippen LogP contribution >= 0.6 is 24.0 Å². The maximum atomic E-state index is 13.8. The number of aryl methyl sites for hydroxylation is 1. The van der Waals surface area contributed by atoms with Crippen molar-refractivity contribution in [2.45, 2.75) is 39.7 Å². The minimum Gasteiger partial charge on any atom is -0.353 e. The van der Waals surface area contributed by atoms with Gasteiger partial charge < -0.3 is 4.90 Å². The van der Waals surface area contributed by atoms with Crippen molar-refractivity contribution >= 4 is 51.7 Å². The van der Waals surface area contributed by atoms with Gasteiger partial charge in [0.1, 0.15) is 15.8 Å². The maximum Gasteiger partial charge on any atom is 0.267 e. The van der Waals surface area contributed by atoms with Crippen LogP contribution in [0, 0.1) is 6.92 Å². The Morgan fingerprint density at radius 2 is 1.79 bits per heavy atom. The number of anilines is 1. The normalized spacial score (nSPS) is 17.8. The molecule has 0 radical (unpaired) electrons. The summed E-state index contributed by atoms with van der Waals surface area (Å²) in [4.78, 5) is 38.8. The zero-order chi connectivity index (χ0) is 26.6. The van der Waals surface area contributed by atoms with Crippen molar-refractivity contribution in [3.8, 4) is 0 Å². The van der Waals surface area contributed by atoms with Gasteiger partial charge in [-0.3, -0.25) is 23.8 Å². The second-order valence-electron chi connectivity index (χ2n) is 9.83. The molecule has 3 aromatic rings. The van der Waals surface area contributed by atoms with Crippen LogP contribution in [0.4, 0.5) is 5.82 Å². The Bertz CT molecular complexity index is 1430.